The smallest absolute Gasteiger partial charge is 0.0487 e. The van der Waals surface area contributed by atoms with E-state index in [0.717, 1.165) is 26.2 Å². The molecule has 0 aliphatic heterocycles. The number of ether oxygens (including phenoxy) is 1. The lowest BCUT2D eigenvalue weighted by Crippen LogP contribution is -2.23. The van der Waals surface area contributed by atoms with Gasteiger partial charge in [-0.05, 0) is 25.3 Å². The van der Waals surface area contributed by atoms with E-state index in [9.17, 15) is 0 Å². The Hall–Kier alpha value is -0.120. The first kappa shape index (κ1) is 12.9. The van der Waals surface area contributed by atoms with Crippen LogP contribution in [0.1, 0.15) is 26.2 Å². The van der Waals surface area contributed by atoms with Gasteiger partial charge in [-0.2, -0.15) is 0 Å². The minimum Gasteiger partial charge on any atom is -0.384 e. The van der Waals surface area contributed by atoms with Gasteiger partial charge in [-0.15, -0.1) is 0 Å². The summed E-state index contributed by atoms with van der Waals surface area (Å²) in [7, 11) is 1.76. The van der Waals surface area contributed by atoms with Crippen LogP contribution in [-0.4, -0.2) is 33.4 Å². The van der Waals surface area contributed by atoms with Crippen LogP contribution < -0.4 is 11.1 Å². The van der Waals surface area contributed by atoms with Crippen molar-refractivity contribution in [2.45, 2.75) is 26.2 Å². The van der Waals surface area contributed by atoms with E-state index < -0.39 is 0 Å². The molecule has 0 aromatic heterocycles. The Bertz CT molecular complexity index is 98.9. The van der Waals surface area contributed by atoms with Gasteiger partial charge in [0.15, 0.2) is 0 Å². The largest absolute Gasteiger partial charge is 0.384 e. The van der Waals surface area contributed by atoms with E-state index in [-0.39, 0.29) is 0 Å². The van der Waals surface area contributed by atoms with E-state index in [1.54, 1.807) is 7.11 Å². The molecule has 13 heavy (non-hydrogen) atoms. The molecule has 0 heterocycles. The van der Waals surface area contributed by atoms with Crippen LogP contribution in [0.5, 0.6) is 0 Å². The normalized spacial score (nSPS) is 13.2. The van der Waals surface area contributed by atoms with Crippen LogP contribution in [0, 0.1) is 5.92 Å². The summed E-state index contributed by atoms with van der Waals surface area (Å²) in [5.41, 5.74) is 5.35. The second-order valence-corrected chi connectivity index (χ2v) is 3.59. The van der Waals surface area contributed by atoms with Crippen LogP contribution in [0.25, 0.3) is 0 Å². The fraction of sp³-hybridized carbons (Fsp3) is 1.00. The molecule has 0 bridgehead atoms. The van der Waals surface area contributed by atoms with Gasteiger partial charge in [0.25, 0.3) is 0 Å². The van der Waals surface area contributed by atoms with Gasteiger partial charge in [-0.25, -0.2) is 0 Å². The average molecular weight is 188 g/mol. The molecule has 80 valence electrons. The highest BCUT2D eigenvalue weighted by Gasteiger charge is 1.99. The molecule has 0 radical (unpaired) electrons. The van der Waals surface area contributed by atoms with Crippen molar-refractivity contribution < 1.29 is 4.74 Å². The molecule has 0 aromatic rings. The number of hydrogen-bond donors (Lipinski definition) is 2. The predicted molar refractivity (Wildman–Crippen MR) is 56.8 cm³/mol. The number of hydrogen-bond acceptors (Lipinski definition) is 3. The Morgan fingerprint density at radius 3 is 2.69 bits per heavy atom. The molecule has 0 saturated heterocycles. The van der Waals surface area contributed by atoms with Crippen molar-refractivity contribution in [3.63, 3.8) is 0 Å². The highest BCUT2D eigenvalue weighted by Crippen LogP contribution is 2.06. The molecule has 0 aromatic carbocycles. The summed E-state index contributed by atoms with van der Waals surface area (Å²) in [6.45, 7) is 5.89. The second kappa shape index (κ2) is 9.96. The van der Waals surface area contributed by atoms with Crippen molar-refractivity contribution in [2.75, 3.05) is 33.4 Å². The second-order valence-electron chi connectivity index (χ2n) is 3.59. The third-order valence-electron chi connectivity index (χ3n) is 2.07. The van der Waals surface area contributed by atoms with Gasteiger partial charge in [0.2, 0.25) is 0 Å². The van der Waals surface area contributed by atoms with Crippen molar-refractivity contribution >= 4 is 0 Å². The van der Waals surface area contributed by atoms with Gasteiger partial charge < -0.3 is 15.8 Å². The summed E-state index contributed by atoms with van der Waals surface area (Å²) < 4.78 is 5.07. The van der Waals surface area contributed by atoms with Gasteiger partial charge in [0, 0.05) is 26.8 Å². The summed E-state index contributed by atoms with van der Waals surface area (Å²) in [5, 5.41) is 3.28. The summed E-state index contributed by atoms with van der Waals surface area (Å²) >= 11 is 0. The van der Waals surface area contributed by atoms with Gasteiger partial charge >= 0.3 is 0 Å². The summed E-state index contributed by atoms with van der Waals surface area (Å²) in [6.07, 6.45) is 3.79. The Kier molecular flexibility index (Phi) is 9.87. The van der Waals surface area contributed by atoms with Crippen LogP contribution in [0.2, 0.25) is 0 Å². The number of nitrogens with two attached hydrogens (primary N) is 1. The van der Waals surface area contributed by atoms with E-state index in [4.69, 9.17) is 10.5 Å². The van der Waals surface area contributed by atoms with Crippen molar-refractivity contribution in [3.05, 3.63) is 0 Å². The molecule has 0 rings (SSSR count). The zero-order chi connectivity index (χ0) is 9.94. The molecular formula is C10H24N2O. The van der Waals surface area contributed by atoms with Crippen molar-refractivity contribution in [1.29, 1.82) is 0 Å². The number of methoxy groups -OCH3 is 1. The highest BCUT2D eigenvalue weighted by atomic mass is 16.5. The van der Waals surface area contributed by atoms with Crippen LogP contribution in [0.4, 0.5) is 0 Å². The third kappa shape index (κ3) is 9.80. The first-order chi connectivity index (χ1) is 6.31. The van der Waals surface area contributed by atoms with E-state index in [2.05, 4.69) is 12.2 Å². The van der Waals surface area contributed by atoms with Crippen molar-refractivity contribution in [2.24, 2.45) is 11.7 Å². The van der Waals surface area contributed by atoms with E-state index in [1.807, 2.05) is 0 Å². The van der Waals surface area contributed by atoms with Gasteiger partial charge in [0.1, 0.15) is 0 Å². The molecule has 1 unspecified atom stereocenters. The van der Waals surface area contributed by atoms with Crippen LogP contribution in [0.3, 0.4) is 0 Å². The minimum atomic E-state index is 0.694. The molecular weight excluding hydrogens is 164 g/mol. The van der Waals surface area contributed by atoms with Crippen LogP contribution in [-0.2, 0) is 4.74 Å². The molecule has 0 aliphatic rings. The van der Waals surface area contributed by atoms with Crippen molar-refractivity contribution in [1.82, 2.24) is 5.32 Å². The monoisotopic (exact) mass is 188 g/mol. The van der Waals surface area contributed by atoms with E-state index in [1.165, 1.54) is 19.3 Å². The zero-order valence-corrected chi connectivity index (χ0v) is 9.01. The highest BCUT2D eigenvalue weighted by molar-refractivity contribution is 4.54. The maximum atomic E-state index is 5.35. The predicted octanol–water partition coefficient (Wildman–Crippen LogP) is 0.987. The SMILES string of the molecule is COCC(C)CCCCNCCN. The summed E-state index contributed by atoms with van der Waals surface area (Å²) in [4.78, 5) is 0. The Labute approximate surface area is 82.0 Å². The van der Waals surface area contributed by atoms with Crippen LogP contribution >= 0.6 is 0 Å². The number of unbranched alkanes of at least 4 members (excludes halogenated alkanes) is 1. The zero-order valence-electron chi connectivity index (χ0n) is 9.01. The quantitative estimate of drug-likeness (QED) is 0.530. The number of nitrogens with one attached hydrogen (secondary N) is 1. The molecule has 0 fully saturated rings. The maximum absolute atomic E-state index is 5.35. The van der Waals surface area contributed by atoms with Gasteiger partial charge in [-0.3, -0.25) is 0 Å². The molecule has 0 spiro atoms. The Balaban J connectivity index is 2.97. The molecule has 3 nitrogen and oxygen atoms in total. The molecule has 3 N–H and O–H groups in total. The lowest BCUT2D eigenvalue weighted by atomic mass is 10.1. The first-order valence-corrected chi connectivity index (χ1v) is 5.21. The average Bonchev–Trinajstić information content (AvgIpc) is 2.11. The first-order valence-electron chi connectivity index (χ1n) is 5.21. The van der Waals surface area contributed by atoms with E-state index in [0.29, 0.717) is 5.92 Å². The molecule has 0 amide bonds. The third-order valence-corrected chi connectivity index (χ3v) is 2.07. The number of rotatable bonds is 9. The van der Waals surface area contributed by atoms with Gasteiger partial charge in [0.05, 0.1) is 0 Å². The topological polar surface area (TPSA) is 47.3 Å². The molecule has 3 heteroatoms. The van der Waals surface area contributed by atoms with Crippen molar-refractivity contribution in [3.8, 4) is 0 Å². The lowest BCUT2D eigenvalue weighted by Gasteiger charge is -2.09. The molecule has 1 atom stereocenters. The van der Waals surface area contributed by atoms with E-state index >= 15 is 0 Å². The summed E-state index contributed by atoms with van der Waals surface area (Å²) in [5.74, 6) is 0.694. The minimum absolute atomic E-state index is 0.694. The summed E-state index contributed by atoms with van der Waals surface area (Å²) in [6, 6.07) is 0. The lowest BCUT2D eigenvalue weighted by molar-refractivity contribution is 0.154. The fourth-order valence-corrected chi connectivity index (χ4v) is 1.34. The Morgan fingerprint density at radius 2 is 2.08 bits per heavy atom. The van der Waals surface area contributed by atoms with Crippen LogP contribution in [0.15, 0.2) is 0 Å². The standard InChI is InChI=1S/C10H24N2O/c1-10(9-13-2)5-3-4-7-12-8-6-11/h10,12H,3-9,11H2,1-2H3. The Morgan fingerprint density at radius 1 is 1.31 bits per heavy atom. The fourth-order valence-electron chi connectivity index (χ4n) is 1.34. The maximum Gasteiger partial charge on any atom is 0.0487 e. The van der Waals surface area contributed by atoms with Gasteiger partial charge in [-0.1, -0.05) is 13.3 Å². The molecule has 0 aliphatic carbocycles. The molecule has 0 saturated carbocycles.